The molecule has 1 unspecified atom stereocenters. The van der Waals surface area contributed by atoms with Gasteiger partial charge in [0.1, 0.15) is 0 Å². The van der Waals surface area contributed by atoms with Crippen LogP contribution in [0.1, 0.15) is 27.4 Å². The van der Waals surface area contributed by atoms with Gasteiger partial charge in [-0.05, 0) is 25.5 Å². The van der Waals surface area contributed by atoms with Crippen LogP contribution in [0.2, 0.25) is 0 Å². The lowest BCUT2D eigenvalue weighted by atomic mass is 10.1. The van der Waals surface area contributed by atoms with Crippen LogP contribution in [0.5, 0.6) is 0 Å². The number of piperidine rings is 1. The number of nitrogens with one attached hydrogen (secondary N) is 2. The lowest BCUT2D eigenvalue weighted by Crippen LogP contribution is -2.47. The highest BCUT2D eigenvalue weighted by molar-refractivity contribution is 7.13. The van der Waals surface area contributed by atoms with Crippen LogP contribution in [0.3, 0.4) is 0 Å². The third-order valence-electron chi connectivity index (χ3n) is 2.56. The van der Waals surface area contributed by atoms with Crippen LogP contribution >= 0.6 is 11.3 Å². The molecule has 0 aliphatic carbocycles. The number of rotatable bonds is 2. The first kappa shape index (κ1) is 11.1. The molecule has 1 aliphatic heterocycles. The quantitative estimate of drug-likeness (QED) is 0.809. The topological polar surface area (TPSA) is 58.2 Å². The van der Waals surface area contributed by atoms with Crippen molar-refractivity contribution in [1.82, 2.24) is 10.6 Å². The van der Waals surface area contributed by atoms with Crippen LogP contribution < -0.4 is 10.6 Å². The molecule has 1 aromatic heterocycles. The van der Waals surface area contributed by atoms with Crippen molar-refractivity contribution in [2.45, 2.75) is 25.8 Å². The minimum atomic E-state index is -0.0424. The molecule has 0 spiro atoms. The lowest BCUT2D eigenvalue weighted by Gasteiger charge is -2.23. The van der Waals surface area contributed by atoms with Gasteiger partial charge >= 0.3 is 0 Å². The summed E-state index contributed by atoms with van der Waals surface area (Å²) in [6.45, 7) is 2.51. The molecule has 1 atom stereocenters. The Hall–Kier alpha value is -1.36. The van der Waals surface area contributed by atoms with Crippen LogP contribution in [0.25, 0.3) is 0 Å². The summed E-state index contributed by atoms with van der Waals surface area (Å²) in [4.78, 5) is 24.6. The van der Waals surface area contributed by atoms with Crippen molar-refractivity contribution in [2.75, 3.05) is 6.54 Å². The van der Waals surface area contributed by atoms with Gasteiger partial charge in [0.25, 0.3) is 5.91 Å². The van der Waals surface area contributed by atoms with Gasteiger partial charge in [-0.2, -0.15) is 0 Å². The number of aryl methyl sites for hydroxylation is 1. The smallest absolute Gasteiger partial charge is 0.261 e. The highest BCUT2D eigenvalue weighted by Crippen LogP contribution is 2.15. The molecule has 5 heteroatoms. The number of carbonyl (C=O) groups excluding carboxylic acids is 2. The van der Waals surface area contributed by atoms with E-state index in [9.17, 15) is 9.59 Å². The Morgan fingerprint density at radius 3 is 2.94 bits per heavy atom. The van der Waals surface area contributed by atoms with Crippen LogP contribution in [0.15, 0.2) is 12.1 Å². The Labute approximate surface area is 98.0 Å². The van der Waals surface area contributed by atoms with Crippen molar-refractivity contribution in [3.63, 3.8) is 0 Å². The lowest BCUT2D eigenvalue weighted by molar-refractivity contribution is -0.122. The van der Waals surface area contributed by atoms with E-state index in [1.165, 1.54) is 11.3 Å². The molecule has 1 fully saturated rings. The molecule has 1 aliphatic rings. The van der Waals surface area contributed by atoms with Crippen LogP contribution in [-0.4, -0.2) is 24.4 Å². The van der Waals surface area contributed by atoms with E-state index in [1.54, 1.807) is 0 Å². The number of amides is 2. The number of hydrogen-bond donors (Lipinski definition) is 2. The Kier molecular flexibility index (Phi) is 3.24. The predicted octanol–water partition coefficient (Wildman–Crippen LogP) is 1.06. The number of hydrogen-bond acceptors (Lipinski definition) is 3. The number of carbonyl (C=O) groups is 2. The van der Waals surface area contributed by atoms with Gasteiger partial charge in [0, 0.05) is 23.9 Å². The molecule has 1 saturated heterocycles. The Balaban J connectivity index is 1.90. The molecular formula is C11H14N2O2S. The molecule has 4 nitrogen and oxygen atoms in total. The van der Waals surface area contributed by atoms with Gasteiger partial charge in [0.05, 0.1) is 4.88 Å². The monoisotopic (exact) mass is 238 g/mol. The van der Waals surface area contributed by atoms with Crippen LogP contribution in [-0.2, 0) is 4.79 Å². The Morgan fingerprint density at radius 1 is 1.56 bits per heavy atom. The van der Waals surface area contributed by atoms with E-state index >= 15 is 0 Å². The van der Waals surface area contributed by atoms with E-state index in [1.807, 2.05) is 19.1 Å². The van der Waals surface area contributed by atoms with Gasteiger partial charge in [-0.25, -0.2) is 0 Å². The summed E-state index contributed by atoms with van der Waals surface area (Å²) in [6, 6.07) is 3.83. The van der Waals surface area contributed by atoms with E-state index in [-0.39, 0.29) is 17.9 Å². The first-order valence-electron chi connectivity index (χ1n) is 5.29. The van der Waals surface area contributed by atoms with Gasteiger partial charge in [-0.15, -0.1) is 11.3 Å². The predicted molar refractivity (Wildman–Crippen MR) is 62.6 cm³/mol. The second kappa shape index (κ2) is 4.65. The van der Waals surface area contributed by atoms with Crippen molar-refractivity contribution in [2.24, 2.45) is 0 Å². The summed E-state index contributed by atoms with van der Waals surface area (Å²) in [5, 5.41) is 5.67. The highest BCUT2D eigenvalue weighted by Gasteiger charge is 2.20. The molecule has 0 radical (unpaired) electrons. The van der Waals surface area contributed by atoms with Crippen molar-refractivity contribution in [1.29, 1.82) is 0 Å². The van der Waals surface area contributed by atoms with Crippen molar-refractivity contribution in [3.05, 3.63) is 21.9 Å². The van der Waals surface area contributed by atoms with Gasteiger partial charge in [0.15, 0.2) is 0 Å². The molecule has 2 heterocycles. The molecule has 2 rings (SSSR count). The molecule has 16 heavy (non-hydrogen) atoms. The fourth-order valence-electron chi connectivity index (χ4n) is 1.67. The first-order valence-corrected chi connectivity index (χ1v) is 6.11. The van der Waals surface area contributed by atoms with Gasteiger partial charge in [-0.3, -0.25) is 9.59 Å². The van der Waals surface area contributed by atoms with E-state index in [0.29, 0.717) is 13.0 Å². The normalized spacial score (nSPS) is 20.3. The zero-order valence-electron chi connectivity index (χ0n) is 9.08. The second-order valence-electron chi connectivity index (χ2n) is 3.92. The molecule has 0 saturated carbocycles. The standard InChI is InChI=1S/C11H14N2O2S/c1-7-2-4-9(16-7)11(15)13-8-3-5-10(14)12-6-8/h2,4,8H,3,5-6H2,1H3,(H,12,14)(H,13,15). The van der Waals surface area contributed by atoms with Crippen molar-refractivity contribution < 1.29 is 9.59 Å². The summed E-state index contributed by atoms with van der Waals surface area (Å²) < 4.78 is 0. The zero-order chi connectivity index (χ0) is 11.5. The summed E-state index contributed by atoms with van der Waals surface area (Å²) in [6.07, 6.45) is 1.22. The summed E-state index contributed by atoms with van der Waals surface area (Å²) >= 11 is 1.49. The fourth-order valence-corrected chi connectivity index (χ4v) is 2.44. The summed E-state index contributed by atoms with van der Waals surface area (Å²) in [5.74, 6) is 0.0247. The van der Waals surface area contributed by atoms with E-state index < -0.39 is 0 Å². The summed E-state index contributed by atoms with van der Waals surface area (Å²) in [5.41, 5.74) is 0. The average molecular weight is 238 g/mol. The Morgan fingerprint density at radius 2 is 2.38 bits per heavy atom. The maximum absolute atomic E-state index is 11.8. The zero-order valence-corrected chi connectivity index (χ0v) is 9.89. The molecule has 0 bridgehead atoms. The maximum atomic E-state index is 11.8. The minimum Gasteiger partial charge on any atom is -0.354 e. The van der Waals surface area contributed by atoms with Gasteiger partial charge in [-0.1, -0.05) is 0 Å². The third kappa shape index (κ3) is 2.61. The van der Waals surface area contributed by atoms with Crippen molar-refractivity contribution >= 4 is 23.2 Å². The fraction of sp³-hybridized carbons (Fsp3) is 0.455. The molecule has 0 aromatic carbocycles. The van der Waals surface area contributed by atoms with Gasteiger partial charge in [0.2, 0.25) is 5.91 Å². The van der Waals surface area contributed by atoms with E-state index in [0.717, 1.165) is 16.2 Å². The molecule has 86 valence electrons. The maximum Gasteiger partial charge on any atom is 0.261 e. The average Bonchev–Trinajstić information content (AvgIpc) is 2.68. The molecule has 1 aromatic rings. The highest BCUT2D eigenvalue weighted by atomic mass is 32.1. The number of thiophene rings is 1. The summed E-state index contributed by atoms with van der Waals surface area (Å²) in [7, 11) is 0. The molecular weight excluding hydrogens is 224 g/mol. The minimum absolute atomic E-state index is 0.0424. The second-order valence-corrected chi connectivity index (χ2v) is 5.21. The SMILES string of the molecule is Cc1ccc(C(=O)NC2CCC(=O)NC2)s1. The first-order chi connectivity index (χ1) is 7.65. The van der Waals surface area contributed by atoms with Crippen molar-refractivity contribution in [3.8, 4) is 0 Å². The van der Waals surface area contributed by atoms with Crippen LogP contribution in [0, 0.1) is 6.92 Å². The van der Waals surface area contributed by atoms with E-state index in [2.05, 4.69) is 10.6 Å². The van der Waals surface area contributed by atoms with Gasteiger partial charge < -0.3 is 10.6 Å². The molecule has 2 amide bonds. The third-order valence-corrected chi connectivity index (χ3v) is 3.56. The van der Waals surface area contributed by atoms with E-state index in [4.69, 9.17) is 0 Å². The Bertz CT molecular complexity index is 404. The van der Waals surface area contributed by atoms with Crippen LogP contribution in [0.4, 0.5) is 0 Å². The largest absolute Gasteiger partial charge is 0.354 e. The molecule has 2 N–H and O–H groups in total.